The molecule has 1 aliphatic heterocycles. The van der Waals surface area contributed by atoms with Crippen LogP contribution in [0.3, 0.4) is 0 Å². The van der Waals surface area contributed by atoms with Gasteiger partial charge in [0.15, 0.2) is 0 Å². The number of carboxylic acid groups (broad SMARTS) is 1. The number of hydrogen-bond donors (Lipinski definition) is 2. The molecule has 0 spiro atoms. The Bertz CT molecular complexity index is 510. The SMILES string of the molecule is CN(C(=O)CCC1CCNCC1)c1ccccc1C(=O)O. The molecule has 1 saturated heterocycles. The smallest absolute Gasteiger partial charge is 0.337 e. The maximum absolute atomic E-state index is 12.3. The summed E-state index contributed by atoms with van der Waals surface area (Å²) in [7, 11) is 1.65. The standard InChI is InChI=1S/C16H22N2O3/c1-18(14-5-3-2-4-13(14)16(20)21)15(19)7-6-12-8-10-17-11-9-12/h2-5,12,17H,6-11H2,1H3,(H,20,21). The van der Waals surface area contributed by atoms with E-state index in [1.807, 2.05) is 0 Å². The summed E-state index contributed by atoms with van der Waals surface area (Å²) in [4.78, 5) is 25.0. The third-order valence-electron chi connectivity index (χ3n) is 4.10. The molecule has 0 saturated carbocycles. The lowest BCUT2D eigenvalue weighted by molar-refractivity contribution is -0.118. The van der Waals surface area contributed by atoms with Crippen molar-refractivity contribution in [3.63, 3.8) is 0 Å². The predicted molar refractivity (Wildman–Crippen MR) is 81.6 cm³/mol. The van der Waals surface area contributed by atoms with Gasteiger partial charge in [0, 0.05) is 13.5 Å². The van der Waals surface area contributed by atoms with Gasteiger partial charge in [-0.05, 0) is 50.4 Å². The second-order valence-electron chi connectivity index (χ2n) is 5.51. The topological polar surface area (TPSA) is 69.6 Å². The average molecular weight is 290 g/mol. The molecule has 1 fully saturated rings. The largest absolute Gasteiger partial charge is 0.478 e. The van der Waals surface area contributed by atoms with E-state index in [4.69, 9.17) is 0 Å². The van der Waals surface area contributed by atoms with Gasteiger partial charge in [0.1, 0.15) is 0 Å². The second-order valence-corrected chi connectivity index (χ2v) is 5.51. The van der Waals surface area contributed by atoms with Crippen molar-refractivity contribution in [2.75, 3.05) is 25.0 Å². The zero-order valence-corrected chi connectivity index (χ0v) is 12.3. The Hall–Kier alpha value is -1.88. The van der Waals surface area contributed by atoms with Gasteiger partial charge in [-0.2, -0.15) is 0 Å². The number of carbonyl (C=O) groups excluding carboxylic acids is 1. The first-order chi connectivity index (χ1) is 10.1. The number of hydrogen-bond acceptors (Lipinski definition) is 3. The molecule has 1 aromatic rings. The summed E-state index contributed by atoms with van der Waals surface area (Å²) in [6, 6.07) is 6.61. The highest BCUT2D eigenvalue weighted by molar-refractivity contribution is 6.01. The maximum Gasteiger partial charge on any atom is 0.337 e. The molecule has 1 aromatic carbocycles. The minimum atomic E-state index is -1.01. The minimum Gasteiger partial charge on any atom is -0.478 e. The van der Waals surface area contributed by atoms with Crippen LogP contribution in [0, 0.1) is 5.92 Å². The number of amides is 1. The molecule has 5 nitrogen and oxygen atoms in total. The van der Waals surface area contributed by atoms with Crippen LogP contribution in [-0.2, 0) is 4.79 Å². The van der Waals surface area contributed by atoms with Crippen LogP contribution in [0.2, 0.25) is 0 Å². The van der Waals surface area contributed by atoms with Crippen LogP contribution in [0.5, 0.6) is 0 Å². The van der Waals surface area contributed by atoms with Crippen molar-refractivity contribution in [2.45, 2.75) is 25.7 Å². The second kappa shape index (κ2) is 7.22. The summed E-state index contributed by atoms with van der Waals surface area (Å²) >= 11 is 0. The zero-order valence-electron chi connectivity index (χ0n) is 12.3. The van der Waals surface area contributed by atoms with Crippen LogP contribution in [0.1, 0.15) is 36.0 Å². The molecule has 0 bridgehead atoms. The summed E-state index contributed by atoms with van der Waals surface area (Å²) < 4.78 is 0. The fourth-order valence-electron chi connectivity index (χ4n) is 2.75. The van der Waals surface area contributed by atoms with Gasteiger partial charge in [-0.3, -0.25) is 4.79 Å². The predicted octanol–water partition coefficient (Wildman–Crippen LogP) is 2.13. The van der Waals surface area contributed by atoms with Gasteiger partial charge in [0.2, 0.25) is 5.91 Å². The van der Waals surface area contributed by atoms with E-state index in [0.29, 0.717) is 18.0 Å². The van der Waals surface area contributed by atoms with Crippen molar-refractivity contribution in [1.82, 2.24) is 5.32 Å². The maximum atomic E-state index is 12.3. The van der Waals surface area contributed by atoms with Gasteiger partial charge in [-0.1, -0.05) is 12.1 Å². The minimum absolute atomic E-state index is 0.0257. The summed E-state index contributed by atoms with van der Waals surface area (Å²) in [6.45, 7) is 2.05. The van der Waals surface area contributed by atoms with E-state index in [-0.39, 0.29) is 11.5 Å². The fraction of sp³-hybridized carbons (Fsp3) is 0.500. The van der Waals surface area contributed by atoms with Crippen molar-refractivity contribution in [3.05, 3.63) is 29.8 Å². The van der Waals surface area contributed by atoms with Crippen LogP contribution >= 0.6 is 0 Å². The van der Waals surface area contributed by atoms with E-state index >= 15 is 0 Å². The molecule has 0 aliphatic carbocycles. The first kappa shape index (κ1) is 15.5. The van der Waals surface area contributed by atoms with Crippen molar-refractivity contribution >= 4 is 17.6 Å². The van der Waals surface area contributed by atoms with Crippen LogP contribution in [0.15, 0.2) is 24.3 Å². The molecule has 1 aliphatic rings. The fourth-order valence-corrected chi connectivity index (χ4v) is 2.75. The van der Waals surface area contributed by atoms with Crippen molar-refractivity contribution < 1.29 is 14.7 Å². The Morgan fingerprint density at radius 1 is 1.29 bits per heavy atom. The number of carboxylic acids is 1. The number of anilines is 1. The number of carbonyl (C=O) groups is 2. The van der Waals surface area contributed by atoms with Gasteiger partial charge in [-0.25, -0.2) is 4.79 Å². The van der Waals surface area contributed by atoms with E-state index in [2.05, 4.69) is 5.32 Å². The number of nitrogens with one attached hydrogen (secondary N) is 1. The van der Waals surface area contributed by atoms with Gasteiger partial charge in [0.25, 0.3) is 0 Å². The number of para-hydroxylation sites is 1. The van der Waals surface area contributed by atoms with Crippen molar-refractivity contribution in [2.24, 2.45) is 5.92 Å². The van der Waals surface area contributed by atoms with E-state index in [9.17, 15) is 14.7 Å². The molecule has 1 heterocycles. The van der Waals surface area contributed by atoms with E-state index in [0.717, 1.165) is 32.4 Å². The van der Waals surface area contributed by atoms with E-state index < -0.39 is 5.97 Å². The third-order valence-corrected chi connectivity index (χ3v) is 4.10. The molecule has 0 atom stereocenters. The molecule has 114 valence electrons. The molecule has 0 radical (unpaired) electrons. The zero-order chi connectivity index (χ0) is 15.2. The number of benzene rings is 1. The average Bonchev–Trinajstić information content (AvgIpc) is 2.52. The first-order valence-corrected chi connectivity index (χ1v) is 7.39. The molecule has 21 heavy (non-hydrogen) atoms. The lowest BCUT2D eigenvalue weighted by Crippen LogP contribution is -2.31. The lowest BCUT2D eigenvalue weighted by atomic mass is 9.93. The molecule has 0 aromatic heterocycles. The summed E-state index contributed by atoms with van der Waals surface area (Å²) in [6.07, 6.45) is 3.57. The lowest BCUT2D eigenvalue weighted by Gasteiger charge is -2.24. The highest BCUT2D eigenvalue weighted by Gasteiger charge is 2.20. The van der Waals surface area contributed by atoms with E-state index in [1.165, 1.54) is 11.0 Å². The normalized spacial score (nSPS) is 15.7. The van der Waals surface area contributed by atoms with E-state index in [1.54, 1.807) is 25.2 Å². The van der Waals surface area contributed by atoms with Crippen LogP contribution < -0.4 is 10.2 Å². The molecule has 0 unspecified atom stereocenters. The Morgan fingerprint density at radius 3 is 2.62 bits per heavy atom. The number of nitrogens with zero attached hydrogens (tertiary/aromatic N) is 1. The molecule has 2 N–H and O–H groups in total. The Kier molecular flexibility index (Phi) is 5.33. The summed E-state index contributed by atoms with van der Waals surface area (Å²) in [5, 5.41) is 12.5. The summed E-state index contributed by atoms with van der Waals surface area (Å²) in [5.74, 6) is -0.441. The monoisotopic (exact) mass is 290 g/mol. The molecular weight excluding hydrogens is 268 g/mol. The molecule has 2 rings (SSSR count). The first-order valence-electron chi connectivity index (χ1n) is 7.39. The van der Waals surface area contributed by atoms with Gasteiger partial charge in [-0.15, -0.1) is 0 Å². The molecule has 1 amide bonds. The van der Waals surface area contributed by atoms with Gasteiger partial charge >= 0.3 is 5.97 Å². The van der Waals surface area contributed by atoms with Crippen molar-refractivity contribution in [1.29, 1.82) is 0 Å². The van der Waals surface area contributed by atoms with Gasteiger partial charge in [0.05, 0.1) is 11.3 Å². The quantitative estimate of drug-likeness (QED) is 0.871. The van der Waals surface area contributed by atoms with Gasteiger partial charge < -0.3 is 15.3 Å². The Balaban J connectivity index is 1.97. The summed E-state index contributed by atoms with van der Waals surface area (Å²) in [5.41, 5.74) is 0.621. The van der Waals surface area contributed by atoms with Crippen LogP contribution in [0.25, 0.3) is 0 Å². The highest BCUT2D eigenvalue weighted by Crippen LogP contribution is 2.22. The molecule has 5 heteroatoms. The number of aromatic carboxylic acids is 1. The number of rotatable bonds is 5. The Morgan fingerprint density at radius 2 is 1.95 bits per heavy atom. The molecular formula is C16H22N2O3. The van der Waals surface area contributed by atoms with Crippen molar-refractivity contribution in [3.8, 4) is 0 Å². The highest BCUT2D eigenvalue weighted by atomic mass is 16.4. The third kappa shape index (κ3) is 4.04. The van der Waals surface area contributed by atoms with Crippen LogP contribution in [-0.4, -0.2) is 37.1 Å². The number of piperidine rings is 1. The van der Waals surface area contributed by atoms with Crippen LogP contribution in [0.4, 0.5) is 5.69 Å². The Labute approximate surface area is 125 Å².